The van der Waals surface area contributed by atoms with Crippen LogP contribution in [-0.4, -0.2) is 46.0 Å². The molecule has 2 aromatic heterocycles. The molecule has 0 spiro atoms. The summed E-state index contributed by atoms with van der Waals surface area (Å²) in [5, 5.41) is -0.273. The average Bonchev–Trinajstić information content (AvgIpc) is 3.66. The second-order valence-corrected chi connectivity index (χ2v) is 11.2. The molecule has 4 rings (SSSR count). The van der Waals surface area contributed by atoms with E-state index in [0.29, 0.717) is 36.7 Å². The predicted molar refractivity (Wildman–Crippen MR) is 128 cm³/mol. The Labute approximate surface area is 199 Å². The number of rotatable bonds is 10. The molecular weight excluding hydrogens is 452 g/mol. The molecular formula is C25H28N4O4S. The molecule has 1 saturated carbocycles. The first-order valence-corrected chi connectivity index (χ1v) is 13.0. The number of aromatic nitrogens is 4. The van der Waals surface area contributed by atoms with E-state index >= 15 is 0 Å². The lowest BCUT2D eigenvalue weighted by atomic mass is 9.81. The quantitative estimate of drug-likeness (QED) is 0.433. The van der Waals surface area contributed by atoms with Gasteiger partial charge in [-0.25, -0.2) is 23.4 Å². The number of hydrogen-bond donors (Lipinski definition) is 0. The fourth-order valence-corrected chi connectivity index (χ4v) is 5.18. The molecule has 8 nitrogen and oxygen atoms in total. The Hall–Kier alpha value is -3.20. The first kappa shape index (κ1) is 23.9. The molecule has 34 heavy (non-hydrogen) atoms. The Balaban J connectivity index is 1.46. The highest BCUT2D eigenvalue weighted by molar-refractivity contribution is 7.91. The number of hydrogen-bond acceptors (Lipinski definition) is 8. The predicted octanol–water partition coefficient (Wildman–Crippen LogP) is 3.50. The standard InChI is InChI=1S/C25H28N4O4S/c1-4-33-24-15-26-14-20(28-24)18-7-5-17(6-8-18)13-22(30)25(2,3)21-11-12-27-23(29-21)16-34(31,32)19-9-10-19/h5-8,11-12,14-15,19H,4,9-10,13,16H2,1-3H3. The van der Waals surface area contributed by atoms with Gasteiger partial charge in [0.2, 0.25) is 5.88 Å². The van der Waals surface area contributed by atoms with E-state index in [1.165, 1.54) is 6.20 Å². The summed E-state index contributed by atoms with van der Waals surface area (Å²) in [5.74, 6) is 0.498. The van der Waals surface area contributed by atoms with Crippen molar-refractivity contribution in [1.29, 1.82) is 0 Å². The van der Waals surface area contributed by atoms with E-state index in [1.807, 2.05) is 31.2 Å². The van der Waals surface area contributed by atoms with Crippen molar-refractivity contribution in [1.82, 2.24) is 19.9 Å². The minimum Gasteiger partial charge on any atom is -0.477 e. The largest absolute Gasteiger partial charge is 0.477 e. The smallest absolute Gasteiger partial charge is 0.232 e. The monoisotopic (exact) mass is 480 g/mol. The molecule has 0 unspecified atom stereocenters. The number of ketones is 1. The molecule has 0 radical (unpaired) electrons. The summed E-state index contributed by atoms with van der Waals surface area (Å²) >= 11 is 0. The Morgan fingerprint density at radius 2 is 1.82 bits per heavy atom. The lowest BCUT2D eigenvalue weighted by molar-refractivity contribution is -0.122. The minimum atomic E-state index is -3.23. The van der Waals surface area contributed by atoms with Crippen molar-refractivity contribution in [3.05, 3.63) is 66.0 Å². The number of carbonyl (C=O) groups excluding carboxylic acids is 1. The van der Waals surface area contributed by atoms with Gasteiger partial charge in [0, 0.05) is 18.2 Å². The Kier molecular flexibility index (Phi) is 6.74. The summed E-state index contributed by atoms with van der Waals surface area (Å²) in [7, 11) is -3.23. The van der Waals surface area contributed by atoms with Gasteiger partial charge < -0.3 is 4.74 Å². The van der Waals surface area contributed by atoms with E-state index in [9.17, 15) is 13.2 Å². The Bertz CT molecular complexity index is 1290. The first-order chi connectivity index (χ1) is 16.2. The van der Waals surface area contributed by atoms with Gasteiger partial charge in [-0.1, -0.05) is 24.3 Å². The molecule has 0 amide bonds. The highest BCUT2D eigenvalue weighted by Crippen LogP contribution is 2.31. The molecule has 0 aliphatic heterocycles. The number of sulfone groups is 1. The van der Waals surface area contributed by atoms with Crippen LogP contribution in [-0.2, 0) is 32.2 Å². The number of carbonyl (C=O) groups is 1. The third-order valence-corrected chi connectivity index (χ3v) is 8.07. The van der Waals surface area contributed by atoms with Crippen molar-refractivity contribution in [2.75, 3.05) is 6.61 Å². The molecule has 1 aliphatic carbocycles. The molecule has 0 bridgehead atoms. The Morgan fingerprint density at radius 3 is 2.50 bits per heavy atom. The SMILES string of the molecule is CCOc1cncc(-c2ccc(CC(=O)C(C)(C)c3ccnc(CS(=O)(=O)C4CC4)n3)cc2)n1. The molecule has 1 aromatic carbocycles. The van der Waals surface area contributed by atoms with E-state index in [4.69, 9.17) is 4.74 Å². The van der Waals surface area contributed by atoms with Crippen LogP contribution in [0.3, 0.4) is 0 Å². The Morgan fingerprint density at radius 1 is 1.09 bits per heavy atom. The fraction of sp³-hybridized carbons (Fsp3) is 0.400. The summed E-state index contributed by atoms with van der Waals surface area (Å²) in [4.78, 5) is 30.4. The average molecular weight is 481 g/mol. The van der Waals surface area contributed by atoms with Crippen molar-refractivity contribution in [2.24, 2.45) is 0 Å². The van der Waals surface area contributed by atoms with Crippen LogP contribution in [0.25, 0.3) is 11.3 Å². The number of nitrogens with zero attached hydrogens (tertiary/aromatic N) is 4. The second kappa shape index (κ2) is 9.58. The lowest BCUT2D eigenvalue weighted by Crippen LogP contribution is -2.32. The fourth-order valence-electron chi connectivity index (χ4n) is 3.59. The van der Waals surface area contributed by atoms with Crippen LogP contribution >= 0.6 is 0 Å². The molecule has 0 atom stereocenters. The first-order valence-electron chi connectivity index (χ1n) is 11.3. The van der Waals surface area contributed by atoms with Crippen LogP contribution in [0.1, 0.15) is 50.7 Å². The highest BCUT2D eigenvalue weighted by Gasteiger charge is 2.37. The van der Waals surface area contributed by atoms with Gasteiger partial charge in [0.05, 0.1) is 41.1 Å². The van der Waals surface area contributed by atoms with Gasteiger partial charge in [-0.15, -0.1) is 0 Å². The molecule has 1 aliphatic rings. The zero-order valence-electron chi connectivity index (χ0n) is 19.6. The van der Waals surface area contributed by atoms with Gasteiger partial charge in [-0.3, -0.25) is 9.78 Å². The molecule has 2 heterocycles. The zero-order valence-corrected chi connectivity index (χ0v) is 20.4. The maximum atomic E-state index is 13.2. The van der Waals surface area contributed by atoms with Crippen LogP contribution in [0.15, 0.2) is 48.9 Å². The van der Waals surface area contributed by atoms with E-state index in [0.717, 1.165) is 11.1 Å². The van der Waals surface area contributed by atoms with Crippen molar-refractivity contribution >= 4 is 15.6 Å². The summed E-state index contributed by atoms with van der Waals surface area (Å²) < 4.78 is 30.0. The van der Waals surface area contributed by atoms with Crippen LogP contribution in [0.4, 0.5) is 0 Å². The zero-order chi connectivity index (χ0) is 24.3. The maximum absolute atomic E-state index is 13.2. The van der Waals surface area contributed by atoms with Gasteiger partial charge in [0.15, 0.2) is 9.84 Å². The van der Waals surface area contributed by atoms with Crippen molar-refractivity contribution in [3.8, 4) is 17.1 Å². The normalized spacial score (nSPS) is 14.1. The van der Waals surface area contributed by atoms with Crippen LogP contribution < -0.4 is 4.74 Å². The van der Waals surface area contributed by atoms with Crippen LogP contribution in [0, 0.1) is 0 Å². The van der Waals surface area contributed by atoms with Crippen molar-refractivity contribution in [3.63, 3.8) is 0 Å². The minimum absolute atomic E-state index is 0.0203. The molecule has 0 saturated heterocycles. The van der Waals surface area contributed by atoms with Gasteiger partial charge in [-0.05, 0) is 45.2 Å². The lowest BCUT2D eigenvalue weighted by Gasteiger charge is -2.23. The third kappa shape index (κ3) is 5.47. The number of benzene rings is 1. The summed E-state index contributed by atoms with van der Waals surface area (Å²) in [6.07, 6.45) is 6.40. The van der Waals surface area contributed by atoms with Crippen molar-refractivity contribution in [2.45, 2.75) is 56.5 Å². The summed E-state index contributed by atoms with van der Waals surface area (Å²) in [5.41, 5.74) is 2.06. The van der Waals surface area contributed by atoms with E-state index in [2.05, 4.69) is 19.9 Å². The van der Waals surface area contributed by atoms with Gasteiger partial charge in [0.25, 0.3) is 0 Å². The molecule has 1 fully saturated rings. The van der Waals surface area contributed by atoms with E-state index in [-0.39, 0.29) is 29.0 Å². The summed E-state index contributed by atoms with van der Waals surface area (Å²) in [6, 6.07) is 9.28. The topological polar surface area (TPSA) is 112 Å². The van der Waals surface area contributed by atoms with Crippen molar-refractivity contribution < 1.29 is 17.9 Å². The third-order valence-electron chi connectivity index (χ3n) is 5.92. The highest BCUT2D eigenvalue weighted by atomic mass is 32.2. The second-order valence-electron chi connectivity index (χ2n) is 8.96. The number of Topliss-reactive ketones (excluding diaryl/α,β-unsaturated/α-hetero) is 1. The van der Waals surface area contributed by atoms with Gasteiger partial charge >= 0.3 is 0 Å². The maximum Gasteiger partial charge on any atom is 0.232 e. The van der Waals surface area contributed by atoms with Gasteiger partial charge in [-0.2, -0.15) is 0 Å². The van der Waals surface area contributed by atoms with Crippen LogP contribution in [0.2, 0.25) is 0 Å². The van der Waals surface area contributed by atoms with E-state index < -0.39 is 15.3 Å². The van der Waals surface area contributed by atoms with Crippen LogP contribution in [0.5, 0.6) is 5.88 Å². The molecule has 9 heteroatoms. The molecule has 3 aromatic rings. The summed E-state index contributed by atoms with van der Waals surface area (Å²) in [6.45, 7) is 6.01. The molecule has 0 N–H and O–H groups in total. The van der Waals surface area contributed by atoms with E-state index in [1.54, 1.807) is 32.3 Å². The molecule has 178 valence electrons. The number of ether oxygens (including phenoxy) is 1. The van der Waals surface area contributed by atoms with Gasteiger partial charge in [0.1, 0.15) is 17.4 Å².